The Labute approximate surface area is 106 Å². The van der Waals surface area contributed by atoms with Crippen LogP contribution < -0.4 is 5.32 Å². The van der Waals surface area contributed by atoms with E-state index in [0.29, 0.717) is 5.25 Å². The molecule has 0 bridgehead atoms. The third-order valence-corrected chi connectivity index (χ3v) is 5.77. The molecule has 2 nitrogen and oxygen atoms in total. The van der Waals surface area contributed by atoms with E-state index < -0.39 is 10.8 Å². The molecule has 1 aromatic rings. The SMILES string of the molecule is CCC1C(c2ccccc2)NCCC(C)S1=O. The van der Waals surface area contributed by atoms with Crippen LogP contribution in [-0.2, 0) is 10.8 Å². The molecule has 0 saturated carbocycles. The number of hydrogen-bond acceptors (Lipinski definition) is 2. The molecular weight excluding hydrogens is 230 g/mol. The largest absolute Gasteiger partial charge is 0.309 e. The molecule has 0 spiro atoms. The average Bonchev–Trinajstić information content (AvgIpc) is 2.51. The standard InChI is InChI=1S/C14H21NOS/c1-3-13-14(12-7-5-4-6-8-12)15-10-9-11(2)17(13)16/h4-8,11,13-15H,3,9-10H2,1-2H3. The molecule has 1 aromatic carbocycles. The van der Waals surface area contributed by atoms with Crippen LogP contribution in [0, 0.1) is 0 Å². The number of rotatable bonds is 2. The summed E-state index contributed by atoms with van der Waals surface area (Å²) in [6.07, 6.45) is 1.97. The normalized spacial score (nSPS) is 34.2. The average molecular weight is 251 g/mol. The lowest BCUT2D eigenvalue weighted by Gasteiger charge is -2.25. The van der Waals surface area contributed by atoms with Gasteiger partial charge in [0.2, 0.25) is 0 Å². The highest BCUT2D eigenvalue weighted by Crippen LogP contribution is 2.28. The molecule has 1 N–H and O–H groups in total. The van der Waals surface area contributed by atoms with Crippen molar-refractivity contribution in [2.45, 2.75) is 43.2 Å². The maximum Gasteiger partial charge on any atom is 0.0543 e. The van der Waals surface area contributed by atoms with E-state index in [-0.39, 0.29) is 11.3 Å². The minimum Gasteiger partial charge on any atom is -0.309 e. The van der Waals surface area contributed by atoms with Gasteiger partial charge in [0.15, 0.2) is 0 Å². The van der Waals surface area contributed by atoms with E-state index in [1.165, 1.54) is 5.56 Å². The van der Waals surface area contributed by atoms with Crippen molar-refractivity contribution in [3.05, 3.63) is 35.9 Å². The lowest BCUT2D eigenvalue weighted by molar-refractivity contribution is 0.509. The first-order valence-electron chi connectivity index (χ1n) is 6.41. The number of hydrogen-bond donors (Lipinski definition) is 1. The summed E-state index contributed by atoms with van der Waals surface area (Å²) in [5.41, 5.74) is 1.27. The molecule has 3 heteroatoms. The number of benzene rings is 1. The van der Waals surface area contributed by atoms with Crippen molar-refractivity contribution in [1.29, 1.82) is 0 Å². The summed E-state index contributed by atoms with van der Waals surface area (Å²) in [4.78, 5) is 0. The molecule has 1 aliphatic rings. The van der Waals surface area contributed by atoms with Gasteiger partial charge in [-0.05, 0) is 24.9 Å². The molecule has 2 rings (SSSR count). The Morgan fingerprint density at radius 1 is 1.35 bits per heavy atom. The second kappa shape index (κ2) is 5.78. The van der Waals surface area contributed by atoms with Crippen LogP contribution in [0.3, 0.4) is 0 Å². The lowest BCUT2D eigenvalue weighted by Crippen LogP contribution is -2.33. The molecule has 0 radical (unpaired) electrons. The highest BCUT2D eigenvalue weighted by molar-refractivity contribution is 7.86. The Morgan fingerprint density at radius 3 is 2.71 bits per heavy atom. The Bertz CT molecular complexity index is 379. The molecule has 4 atom stereocenters. The molecule has 17 heavy (non-hydrogen) atoms. The molecule has 0 aromatic heterocycles. The molecule has 1 fully saturated rings. The topological polar surface area (TPSA) is 29.1 Å². The van der Waals surface area contributed by atoms with Gasteiger partial charge in [0.25, 0.3) is 0 Å². The quantitative estimate of drug-likeness (QED) is 0.875. The first-order valence-corrected chi connectivity index (χ1v) is 7.69. The van der Waals surface area contributed by atoms with E-state index in [1.54, 1.807) is 0 Å². The Balaban J connectivity index is 2.28. The zero-order chi connectivity index (χ0) is 12.3. The second-order valence-corrected chi connectivity index (χ2v) is 6.78. The van der Waals surface area contributed by atoms with E-state index >= 15 is 0 Å². The molecule has 1 aliphatic heterocycles. The van der Waals surface area contributed by atoms with Crippen molar-refractivity contribution in [1.82, 2.24) is 5.32 Å². The van der Waals surface area contributed by atoms with Gasteiger partial charge in [-0.2, -0.15) is 0 Å². The van der Waals surface area contributed by atoms with Crippen molar-refractivity contribution < 1.29 is 4.21 Å². The van der Waals surface area contributed by atoms with E-state index in [4.69, 9.17) is 0 Å². The molecule has 94 valence electrons. The van der Waals surface area contributed by atoms with Crippen LogP contribution in [0.25, 0.3) is 0 Å². The second-order valence-electron chi connectivity index (χ2n) is 4.72. The molecule has 0 aliphatic carbocycles. The van der Waals surface area contributed by atoms with Crippen molar-refractivity contribution in [2.24, 2.45) is 0 Å². The summed E-state index contributed by atoms with van der Waals surface area (Å²) in [6.45, 7) is 5.20. The van der Waals surface area contributed by atoms with Gasteiger partial charge >= 0.3 is 0 Å². The minimum atomic E-state index is -0.733. The van der Waals surface area contributed by atoms with Crippen molar-refractivity contribution in [2.75, 3.05) is 6.54 Å². The summed E-state index contributed by atoms with van der Waals surface area (Å²) >= 11 is 0. The molecule has 0 amide bonds. The van der Waals surface area contributed by atoms with Crippen LogP contribution >= 0.6 is 0 Å². The molecule has 4 unspecified atom stereocenters. The Morgan fingerprint density at radius 2 is 2.06 bits per heavy atom. The summed E-state index contributed by atoms with van der Waals surface area (Å²) in [7, 11) is -0.733. The van der Waals surface area contributed by atoms with Gasteiger partial charge in [-0.3, -0.25) is 4.21 Å². The smallest absolute Gasteiger partial charge is 0.0543 e. The zero-order valence-electron chi connectivity index (χ0n) is 10.6. The molecule has 1 heterocycles. The maximum absolute atomic E-state index is 12.4. The Hall–Kier alpha value is -0.670. The fraction of sp³-hybridized carbons (Fsp3) is 0.571. The fourth-order valence-corrected chi connectivity index (χ4v) is 4.31. The van der Waals surface area contributed by atoms with Crippen LogP contribution in [0.15, 0.2) is 30.3 Å². The first kappa shape index (κ1) is 12.8. The number of nitrogens with one attached hydrogen (secondary N) is 1. The van der Waals surface area contributed by atoms with E-state index in [2.05, 4.69) is 43.4 Å². The van der Waals surface area contributed by atoms with E-state index in [0.717, 1.165) is 19.4 Å². The van der Waals surface area contributed by atoms with E-state index in [9.17, 15) is 4.21 Å². The summed E-state index contributed by atoms with van der Waals surface area (Å²) in [6, 6.07) is 10.6. The molecular formula is C14H21NOS. The summed E-state index contributed by atoms with van der Waals surface area (Å²) < 4.78 is 12.4. The fourth-order valence-electron chi connectivity index (χ4n) is 2.52. The minimum absolute atomic E-state index is 0.231. The van der Waals surface area contributed by atoms with Crippen LogP contribution in [0.5, 0.6) is 0 Å². The van der Waals surface area contributed by atoms with Gasteiger partial charge in [-0.1, -0.05) is 44.2 Å². The van der Waals surface area contributed by atoms with Gasteiger partial charge in [0.1, 0.15) is 0 Å². The third kappa shape index (κ3) is 2.78. The predicted octanol–water partition coefficient (Wildman–Crippen LogP) is 2.64. The third-order valence-electron chi connectivity index (χ3n) is 3.54. The first-order chi connectivity index (χ1) is 8.24. The van der Waals surface area contributed by atoms with Crippen LogP contribution in [-0.4, -0.2) is 21.3 Å². The maximum atomic E-state index is 12.4. The van der Waals surface area contributed by atoms with Gasteiger partial charge in [-0.25, -0.2) is 0 Å². The monoisotopic (exact) mass is 251 g/mol. The summed E-state index contributed by atoms with van der Waals surface area (Å²) in [5, 5.41) is 4.10. The zero-order valence-corrected chi connectivity index (χ0v) is 11.4. The highest BCUT2D eigenvalue weighted by Gasteiger charge is 2.32. The lowest BCUT2D eigenvalue weighted by atomic mass is 10.0. The van der Waals surface area contributed by atoms with Crippen molar-refractivity contribution >= 4 is 10.8 Å². The van der Waals surface area contributed by atoms with Gasteiger partial charge in [0.05, 0.1) is 5.25 Å². The highest BCUT2D eigenvalue weighted by atomic mass is 32.2. The Kier molecular flexibility index (Phi) is 4.35. The van der Waals surface area contributed by atoms with Crippen molar-refractivity contribution in [3.63, 3.8) is 0 Å². The van der Waals surface area contributed by atoms with Gasteiger partial charge in [0, 0.05) is 22.1 Å². The predicted molar refractivity (Wildman–Crippen MR) is 73.5 cm³/mol. The van der Waals surface area contributed by atoms with Crippen molar-refractivity contribution in [3.8, 4) is 0 Å². The van der Waals surface area contributed by atoms with Crippen LogP contribution in [0.1, 0.15) is 38.3 Å². The van der Waals surface area contributed by atoms with Crippen LogP contribution in [0.2, 0.25) is 0 Å². The summed E-state index contributed by atoms with van der Waals surface area (Å²) in [5.74, 6) is 0. The van der Waals surface area contributed by atoms with Crippen LogP contribution in [0.4, 0.5) is 0 Å². The van der Waals surface area contributed by atoms with Gasteiger partial charge < -0.3 is 5.32 Å². The van der Waals surface area contributed by atoms with E-state index in [1.807, 2.05) is 6.07 Å². The molecule has 1 saturated heterocycles. The van der Waals surface area contributed by atoms with Gasteiger partial charge in [-0.15, -0.1) is 0 Å².